The van der Waals surface area contributed by atoms with Crippen LogP contribution < -0.4 is 4.74 Å². The number of aliphatic hydroxyl groups is 2. The molecule has 6 heteroatoms. The Bertz CT molecular complexity index is 554. The Morgan fingerprint density at radius 1 is 1.45 bits per heavy atom. The van der Waals surface area contributed by atoms with Gasteiger partial charge in [-0.2, -0.15) is 13.2 Å². The maximum Gasteiger partial charge on any atom is 0.412 e. The van der Waals surface area contributed by atoms with Crippen LogP contribution in [-0.2, 0) is 6.42 Å². The van der Waals surface area contributed by atoms with Crippen LogP contribution in [0.25, 0.3) is 0 Å². The monoisotopic (exact) mass is 316 g/mol. The van der Waals surface area contributed by atoms with Crippen LogP contribution in [0.2, 0.25) is 0 Å². The number of rotatable bonds is 6. The lowest BCUT2D eigenvalue weighted by Crippen LogP contribution is -2.34. The number of aliphatic hydroxyl groups excluding tert-OH is 2. The van der Waals surface area contributed by atoms with Crippen molar-refractivity contribution in [2.24, 2.45) is 5.92 Å². The van der Waals surface area contributed by atoms with Crippen LogP contribution in [0.5, 0.6) is 5.75 Å². The molecule has 0 saturated carbocycles. The summed E-state index contributed by atoms with van der Waals surface area (Å²) >= 11 is 0. The van der Waals surface area contributed by atoms with E-state index in [1.54, 1.807) is 13.2 Å². The van der Waals surface area contributed by atoms with Gasteiger partial charge in [0.15, 0.2) is 0 Å². The Hall–Kier alpha value is -1.53. The topological polar surface area (TPSA) is 49.7 Å². The van der Waals surface area contributed by atoms with E-state index in [4.69, 9.17) is 9.84 Å². The van der Waals surface area contributed by atoms with Crippen molar-refractivity contribution in [1.29, 1.82) is 0 Å². The lowest BCUT2D eigenvalue weighted by atomic mass is 9.73. The van der Waals surface area contributed by atoms with E-state index in [0.29, 0.717) is 6.42 Å². The molecule has 0 amide bonds. The highest BCUT2D eigenvalue weighted by Gasteiger charge is 2.41. The fraction of sp³-hybridized carbons (Fsp3) is 0.500. The Morgan fingerprint density at radius 2 is 2.14 bits per heavy atom. The minimum Gasteiger partial charge on any atom is -0.497 e. The highest BCUT2D eigenvalue weighted by molar-refractivity contribution is 5.45. The zero-order valence-electron chi connectivity index (χ0n) is 12.2. The number of fused-ring (bicyclic) bond motifs is 1. The zero-order chi connectivity index (χ0) is 16.5. The van der Waals surface area contributed by atoms with Crippen molar-refractivity contribution in [1.82, 2.24) is 0 Å². The van der Waals surface area contributed by atoms with E-state index < -0.39 is 30.4 Å². The van der Waals surface area contributed by atoms with Crippen molar-refractivity contribution in [3.63, 3.8) is 0 Å². The molecule has 0 radical (unpaired) electrons. The molecular weight excluding hydrogens is 297 g/mol. The van der Waals surface area contributed by atoms with Gasteiger partial charge in [-0.3, -0.25) is 0 Å². The fourth-order valence-electron chi connectivity index (χ4n) is 2.87. The van der Waals surface area contributed by atoms with Crippen LogP contribution in [0.1, 0.15) is 23.5 Å². The van der Waals surface area contributed by atoms with Gasteiger partial charge in [-0.1, -0.05) is 12.6 Å². The number of benzene rings is 1. The molecule has 0 aromatic heterocycles. The van der Waals surface area contributed by atoms with Gasteiger partial charge in [-0.25, -0.2) is 0 Å². The summed E-state index contributed by atoms with van der Waals surface area (Å²) in [4.78, 5) is 0. The molecule has 3 nitrogen and oxygen atoms in total. The molecule has 0 spiro atoms. The Labute approximate surface area is 127 Å². The van der Waals surface area contributed by atoms with Crippen molar-refractivity contribution in [3.8, 4) is 5.75 Å². The van der Waals surface area contributed by atoms with E-state index in [1.807, 2.05) is 12.1 Å². The summed E-state index contributed by atoms with van der Waals surface area (Å²) in [7, 11) is 1.57. The number of hydrogen-bond acceptors (Lipinski definition) is 3. The molecule has 1 aliphatic rings. The van der Waals surface area contributed by atoms with Crippen LogP contribution in [0, 0.1) is 5.92 Å². The standard InChI is InChI=1S/C16H19F3O3/c1-9(16(17,18)19)14(8-20)15(21)7-11-5-10-6-12(22-2)3-4-13(10)11/h3-4,6,11,14-15,20-21H,1,5,7-8H2,2H3/t11?,14-,15+/m0/s1. The van der Waals surface area contributed by atoms with Gasteiger partial charge in [0.1, 0.15) is 5.75 Å². The summed E-state index contributed by atoms with van der Waals surface area (Å²) in [6, 6.07) is 5.54. The molecule has 122 valence electrons. The predicted molar refractivity (Wildman–Crippen MR) is 75.8 cm³/mol. The first-order valence-corrected chi connectivity index (χ1v) is 6.99. The van der Waals surface area contributed by atoms with Gasteiger partial charge < -0.3 is 14.9 Å². The third-order valence-corrected chi connectivity index (χ3v) is 4.26. The molecule has 2 rings (SSSR count). The normalized spacial score (nSPS) is 19.8. The molecule has 0 aliphatic heterocycles. The molecule has 1 aromatic rings. The SMILES string of the molecule is C=C([C@H](CO)[C@H](O)CC1Cc2cc(OC)ccc21)C(F)(F)F. The van der Waals surface area contributed by atoms with Gasteiger partial charge in [-0.05, 0) is 42.0 Å². The second-order valence-electron chi connectivity index (χ2n) is 5.58. The molecule has 0 bridgehead atoms. The van der Waals surface area contributed by atoms with Crippen LogP contribution in [0.15, 0.2) is 30.4 Å². The average molecular weight is 316 g/mol. The summed E-state index contributed by atoms with van der Waals surface area (Å²) in [5, 5.41) is 19.2. The molecular formula is C16H19F3O3. The van der Waals surface area contributed by atoms with Gasteiger partial charge in [0.2, 0.25) is 0 Å². The minimum atomic E-state index is -4.61. The van der Waals surface area contributed by atoms with Crippen molar-refractivity contribution >= 4 is 0 Å². The number of hydrogen-bond donors (Lipinski definition) is 2. The van der Waals surface area contributed by atoms with Crippen molar-refractivity contribution in [3.05, 3.63) is 41.5 Å². The van der Waals surface area contributed by atoms with Crippen molar-refractivity contribution in [2.75, 3.05) is 13.7 Å². The molecule has 2 N–H and O–H groups in total. The van der Waals surface area contributed by atoms with Crippen LogP contribution in [0.3, 0.4) is 0 Å². The highest BCUT2D eigenvalue weighted by atomic mass is 19.4. The fourth-order valence-corrected chi connectivity index (χ4v) is 2.87. The first-order valence-electron chi connectivity index (χ1n) is 6.99. The van der Waals surface area contributed by atoms with Gasteiger partial charge in [-0.15, -0.1) is 0 Å². The van der Waals surface area contributed by atoms with Gasteiger partial charge in [0, 0.05) is 11.5 Å². The lowest BCUT2D eigenvalue weighted by molar-refractivity contribution is -0.108. The molecule has 1 aliphatic carbocycles. The molecule has 0 heterocycles. The van der Waals surface area contributed by atoms with Gasteiger partial charge in [0.05, 0.1) is 19.8 Å². The molecule has 0 saturated heterocycles. The molecule has 0 fully saturated rings. The number of alkyl halides is 3. The average Bonchev–Trinajstić information content (AvgIpc) is 2.44. The largest absolute Gasteiger partial charge is 0.497 e. The smallest absolute Gasteiger partial charge is 0.412 e. The van der Waals surface area contributed by atoms with Gasteiger partial charge >= 0.3 is 6.18 Å². The first-order chi connectivity index (χ1) is 10.3. The van der Waals surface area contributed by atoms with E-state index in [2.05, 4.69) is 6.58 Å². The van der Waals surface area contributed by atoms with Crippen molar-refractivity contribution < 1.29 is 28.1 Å². The zero-order valence-corrected chi connectivity index (χ0v) is 12.2. The Kier molecular flexibility index (Phi) is 4.82. The summed E-state index contributed by atoms with van der Waals surface area (Å²) in [6.45, 7) is 2.20. The predicted octanol–water partition coefficient (Wildman–Crippen LogP) is 2.81. The van der Waals surface area contributed by atoms with E-state index >= 15 is 0 Å². The van der Waals surface area contributed by atoms with E-state index in [0.717, 1.165) is 16.9 Å². The third kappa shape index (κ3) is 3.28. The molecule has 3 atom stereocenters. The van der Waals surface area contributed by atoms with E-state index in [-0.39, 0.29) is 12.3 Å². The van der Waals surface area contributed by atoms with E-state index in [9.17, 15) is 18.3 Å². The van der Waals surface area contributed by atoms with E-state index in [1.165, 1.54) is 0 Å². The van der Waals surface area contributed by atoms with Crippen LogP contribution in [0.4, 0.5) is 13.2 Å². The quantitative estimate of drug-likeness (QED) is 0.794. The third-order valence-electron chi connectivity index (χ3n) is 4.26. The molecule has 22 heavy (non-hydrogen) atoms. The number of methoxy groups -OCH3 is 1. The highest BCUT2D eigenvalue weighted by Crippen LogP contribution is 2.42. The Morgan fingerprint density at radius 3 is 2.64 bits per heavy atom. The summed E-state index contributed by atoms with van der Waals surface area (Å²) in [5.74, 6) is -0.662. The second-order valence-corrected chi connectivity index (χ2v) is 5.58. The first kappa shape index (κ1) is 16.8. The molecule has 1 aromatic carbocycles. The Balaban J connectivity index is 2.03. The number of ether oxygens (including phenoxy) is 1. The summed E-state index contributed by atoms with van der Waals surface area (Å²) in [5.41, 5.74) is 0.998. The summed E-state index contributed by atoms with van der Waals surface area (Å²) < 4.78 is 43.1. The second kappa shape index (κ2) is 6.30. The van der Waals surface area contributed by atoms with Crippen molar-refractivity contribution in [2.45, 2.75) is 31.0 Å². The maximum absolute atomic E-state index is 12.7. The lowest BCUT2D eigenvalue weighted by Gasteiger charge is -2.34. The van der Waals surface area contributed by atoms with Crippen LogP contribution in [-0.4, -0.2) is 36.2 Å². The number of halogens is 3. The molecule has 1 unspecified atom stereocenters. The maximum atomic E-state index is 12.7. The van der Waals surface area contributed by atoms with Crippen LogP contribution >= 0.6 is 0 Å². The summed E-state index contributed by atoms with van der Waals surface area (Å²) in [6.07, 6.45) is -5.04. The van der Waals surface area contributed by atoms with Gasteiger partial charge in [0.25, 0.3) is 0 Å². The minimum absolute atomic E-state index is 0.00834.